The fraction of sp³-hybridized carbons (Fsp3) is 0.842. The molecule has 148 valence electrons. The average Bonchev–Trinajstić information content (AvgIpc) is 3.10. The van der Waals surface area contributed by atoms with Crippen LogP contribution in [0.1, 0.15) is 81.8 Å². The maximum Gasteiger partial charge on any atom is 0.304 e. The van der Waals surface area contributed by atoms with E-state index in [0.717, 1.165) is 31.7 Å². The molecule has 0 aliphatic heterocycles. The molecule has 7 nitrogen and oxygen atoms in total. The van der Waals surface area contributed by atoms with Gasteiger partial charge in [0.15, 0.2) is 5.82 Å². The molecule has 1 fully saturated rings. The third-order valence-electron chi connectivity index (χ3n) is 5.13. The minimum Gasteiger partial charge on any atom is -0.481 e. The van der Waals surface area contributed by atoms with Gasteiger partial charge in [-0.15, -0.1) is 0 Å². The highest BCUT2D eigenvalue weighted by Crippen LogP contribution is 2.31. The van der Waals surface area contributed by atoms with Crippen molar-refractivity contribution < 1.29 is 19.2 Å². The molecular weight excluding hydrogens is 334 g/mol. The maximum atomic E-state index is 11.2. The number of aliphatic carboxylic acids is 1. The number of carboxylic acids is 1. The quantitative estimate of drug-likeness (QED) is 0.515. The predicted molar refractivity (Wildman–Crippen MR) is 97.9 cm³/mol. The molecule has 2 rings (SSSR count). The van der Waals surface area contributed by atoms with E-state index in [2.05, 4.69) is 15.5 Å². The number of nitrogens with zero attached hydrogens (tertiary/aromatic N) is 2. The van der Waals surface area contributed by atoms with Crippen LogP contribution in [0.3, 0.4) is 0 Å². The second-order valence-corrected chi connectivity index (χ2v) is 7.30. The highest BCUT2D eigenvalue weighted by molar-refractivity contribution is 5.67. The summed E-state index contributed by atoms with van der Waals surface area (Å²) in [6.45, 7) is 2.05. The molecule has 0 amide bonds. The Morgan fingerprint density at radius 1 is 1.35 bits per heavy atom. The van der Waals surface area contributed by atoms with Gasteiger partial charge in [-0.25, -0.2) is 0 Å². The number of hydrogen-bond donors (Lipinski definition) is 2. The van der Waals surface area contributed by atoms with Gasteiger partial charge < -0.3 is 19.7 Å². The van der Waals surface area contributed by atoms with Gasteiger partial charge in [-0.2, -0.15) is 4.98 Å². The monoisotopic (exact) mass is 367 g/mol. The number of carboxylic acid groups (broad SMARTS) is 1. The summed E-state index contributed by atoms with van der Waals surface area (Å²) in [5.41, 5.74) is 0. The third-order valence-corrected chi connectivity index (χ3v) is 5.13. The molecule has 1 aromatic heterocycles. The Labute approximate surface area is 155 Å². The predicted octanol–water partition coefficient (Wildman–Crippen LogP) is 3.50. The van der Waals surface area contributed by atoms with Crippen LogP contribution in [-0.2, 0) is 16.1 Å². The van der Waals surface area contributed by atoms with E-state index in [1.165, 1.54) is 38.5 Å². The van der Waals surface area contributed by atoms with E-state index in [-0.39, 0.29) is 12.3 Å². The molecule has 1 saturated carbocycles. The van der Waals surface area contributed by atoms with E-state index in [0.29, 0.717) is 24.9 Å². The van der Waals surface area contributed by atoms with Crippen LogP contribution in [0.15, 0.2) is 4.52 Å². The normalized spacial score (nSPS) is 16.7. The minimum absolute atomic E-state index is 0.0492. The number of carbonyl (C=O) groups is 1. The summed E-state index contributed by atoms with van der Waals surface area (Å²) in [6, 6.07) is 0. The lowest BCUT2D eigenvalue weighted by atomic mass is 9.84. The van der Waals surface area contributed by atoms with Crippen molar-refractivity contribution in [3.63, 3.8) is 0 Å². The van der Waals surface area contributed by atoms with Gasteiger partial charge >= 0.3 is 5.97 Å². The van der Waals surface area contributed by atoms with Gasteiger partial charge in [0.25, 0.3) is 0 Å². The fourth-order valence-electron chi connectivity index (χ4n) is 3.70. The van der Waals surface area contributed by atoms with Crippen LogP contribution < -0.4 is 5.32 Å². The Balaban J connectivity index is 1.78. The molecule has 0 bridgehead atoms. The van der Waals surface area contributed by atoms with Crippen LogP contribution in [0.4, 0.5) is 0 Å². The van der Waals surface area contributed by atoms with Gasteiger partial charge in [-0.05, 0) is 25.3 Å². The zero-order chi connectivity index (χ0) is 18.6. The van der Waals surface area contributed by atoms with Crippen molar-refractivity contribution in [3.8, 4) is 0 Å². The van der Waals surface area contributed by atoms with Gasteiger partial charge in [0, 0.05) is 19.6 Å². The first-order valence-corrected chi connectivity index (χ1v) is 9.93. The van der Waals surface area contributed by atoms with Crippen molar-refractivity contribution >= 4 is 5.97 Å². The van der Waals surface area contributed by atoms with Gasteiger partial charge in [-0.1, -0.05) is 50.1 Å². The van der Waals surface area contributed by atoms with Crippen LogP contribution in [-0.4, -0.2) is 41.5 Å². The summed E-state index contributed by atoms with van der Waals surface area (Å²) in [4.78, 5) is 15.6. The molecule has 1 atom stereocenters. The first-order chi connectivity index (χ1) is 12.7. The van der Waals surface area contributed by atoms with Crippen LogP contribution >= 0.6 is 0 Å². The lowest BCUT2D eigenvalue weighted by Crippen LogP contribution is -2.17. The van der Waals surface area contributed by atoms with Crippen molar-refractivity contribution in [2.45, 2.75) is 76.7 Å². The fourth-order valence-corrected chi connectivity index (χ4v) is 3.70. The lowest BCUT2D eigenvalue weighted by molar-refractivity contribution is -0.137. The van der Waals surface area contributed by atoms with Crippen molar-refractivity contribution in [2.75, 3.05) is 20.3 Å². The average molecular weight is 367 g/mol. The van der Waals surface area contributed by atoms with Gasteiger partial charge in [-0.3, -0.25) is 4.79 Å². The van der Waals surface area contributed by atoms with Crippen LogP contribution in [0, 0.1) is 5.92 Å². The van der Waals surface area contributed by atoms with Crippen molar-refractivity contribution in [1.82, 2.24) is 15.5 Å². The third kappa shape index (κ3) is 7.83. The summed E-state index contributed by atoms with van der Waals surface area (Å²) in [5, 5.41) is 16.4. The number of aromatic nitrogens is 2. The largest absolute Gasteiger partial charge is 0.481 e. The molecule has 1 aliphatic rings. The standard InChI is InChI=1S/C19H33N3O4/c1-25-12-6-11-20-14-17-21-19(26-22-17)16(13-18(23)24)10-5-9-15-7-3-2-4-8-15/h15-16,20H,2-14H2,1H3,(H,23,24)/t16-/m1/s1. The van der Waals surface area contributed by atoms with Crippen LogP contribution in [0.5, 0.6) is 0 Å². The van der Waals surface area contributed by atoms with Crippen molar-refractivity contribution in [3.05, 3.63) is 11.7 Å². The smallest absolute Gasteiger partial charge is 0.304 e. The molecule has 0 saturated heterocycles. The first kappa shape index (κ1) is 20.8. The Kier molecular flexibility index (Phi) is 9.63. The van der Waals surface area contributed by atoms with Crippen molar-refractivity contribution in [2.24, 2.45) is 5.92 Å². The highest BCUT2D eigenvalue weighted by Gasteiger charge is 2.23. The second kappa shape index (κ2) is 12.0. The summed E-state index contributed by atoms with van der Waals surface area (Å²) in [6.07, 6.45) is 10.7. The Morgan fingerprint density at radius 2 is 2.15 bits per heavy atom. The molecule has 0 unspecified atom stereocenters. The van der Waals surface area contributed by atoms with Gasteiger partial charge in [0.05, 0.1) is 13.0 Å². The van der Waals surface area contributed by atoms with E-state index in [4.69, 9.17) is 9.26 Å². The SMILES string of the molecule is COCCCNCc1noc([C@H](CCCC2CCCCC2)CC(=O)O)n1. The van der Waals surface area contributed by atoms with E-state index in [1.807, 2.05) is 0 Å². The molecule has 0 radical (unpaired) electrons. The summed E-state index contributed by atoms with van der Waals surface area (Å²) in [5.74, 6) is 0.851. The number of ether oxygens (including phenoxy) is 1. The second-order valence-electron chi connectivity index (χ2n) is 7.30. The topological polar surface area (TPSA) is 97.5 Å². The van der Waals surface area contributed by atoms with Crippen LogP contribution in [0.25, 0.3) is 0 Å². The molecule has 2 N–H and O–H groups in total. The molecule has 1 heterocycles. The van der Waals surface area contributed by atoms with E-state index >= 15 is 0 Å². The number of nitrogens with one attached hydrogen (secondary N) is 1. The molecule has 26 heavy (non-hydrogen) atoms. The molecular formula is C19H33N3O4. The molecule has 0 aromatic carbocycles. The number of rotatable bonds is 13. The van der Waals surface area contributed by atoms with E-state index < -0.39 is 5.97 Å². The number of methoxy groups -OCH3 is 1. The van der Waals surface area contributed by atoms with Gasteiger partial charge in [0.1, 0.15) is 0 Å². The van der Waals surface area contributed by atoms with E-state index in [1.54, 1.807) is 7.11 Å². The first-order valence-electron chi connectivity index (χ1n) is 9.93. The summed E-state index contributed by atoms with van der Waals surface area (Å²) >= 11 is 0. The Hall–Kier alpha value is -1.47. The van der Waals surface area contributed by atoms with Gasteiger partial charge in [0.2, 0.25) is 5.89 Å². The molecule has 1 aliphatic carbocycles. The van der Waals surface area contributed by atoms with Crippen LogP contribution in [0.2, 0.25) is 0 Å². The molecule has 1 aromatic rings. The lowest BCUT2D eigenvalue weighted by Gasteiger charge is -2.21. The Bertz CT molecular complexity index is 515. The zero-order valence-electron chi connectivity index (χ0n) is 15.9. The molecule has 0 spiro atoms. The maximum absolute atomic E-state index is 11.2. The summed E-state index contributed by atoms with van der Waals surface area (Å²) < 4.78 is 10.4. The molecule has 7 heteroatoms. The summed E-state index contributed by atoms with van der Waals surface area (Å²) in [7, 11) is 1.68. The Morgan fingerprint density at radius 3 is 2.88 bits per heavy atom. The van der Waals surface area contributed by atoms with E-state index in [9.17, 15) is 9.90 Å². The zero-order valence-corrected chi connectivity index (χ0v) is 15.9. The number of hydrogen-bond acceptors (Lipinski definition) is 6. The van der Waals surface area contributed by atoms with Crippen molar-refractivity contribution in [1.29, 1.82) is 0 Å². The minimum atomic E-state index is -0.815. The highest BCUT2D eigenvalue weighted by atomic mass is 16.5.